The summed E-state index contributed by atoms with van der Waals surface area (Å²) in [6.45, 7) is 3.58. The number of carbonyl (C=O) groups excluding carboxylic acids is 1. The molecule has 0 aliphatic carbocycles. The molecule has 0 saturated carbocycles. The van der Waals surface area contributed by atoms with E-state index >= 15 is 0 Å². The van der Waals surface area contributed by atoms with Crippen molar-refractivity contribution in [3.05, 3.63) is 29.1 Å². The van der Waals surface area contributed by atoms with E-state index in [0.29, 0.717) is 11.3 Å². The molecule has 0 aliphatic heterocycles. The lowest BCUT2D eigenvalue weighted by Gasteiger charge is -2.02. The van der Waals surface area contributed by atoms with Crippen molar-refractivity contribution in [2.75, 3.05) is 0 Å². The van der Waals surface area contributed by atoms with Crippen molar-refractivity contribution in [3.8, 4) is 6.19 Å². The molecule has 1 heterocycles. The van der Waals surface area contributed by atoms with Crippen LogP contribution < -0.4 is 5.32 Å². The van der Waals surface area contributed by atoms with Crippen molar-refractivity contribution < 1.29 is 4.79 Å². The van der Waals surface area contributed by atoms with Gasteiger partial charge in [0.05, 0.1) is 11.3 Å². The summed E-state index contributed by atoms with van der Waals surface area (Å²) in [6, 6.07) is 3.39. The Morgan fingerprint density at radius 3 is 2.77 bits per heavy atom. The van der Waals surface area contributed by atoms with Gasteiger partial charge in [-0.3, -0.25) is 15.1 Å². The molecule has 1 aromatic rings. The zero-order chi connectivity index (χ0) is 9.84. The van der Waals surface area contributed by atoms with Gasteiger partial charge in [-0.1, -0.05) is 0 Å². The minimum Gasteiger partial charge on any atom is -0.268 e. The Bertz CT molecular complexity index is 379. The van der Waals surface area contributed by atoms with Crippen LogP contribution in [0.25, 0.3) is 0 Å². The molecule has 0 aliphatic rings. The van der Waals surface area contributed by atoms with Crippen LogP contribution in [-0.4, -0.2) is 10.9 Å². The number of nitriles is 1. The number of aromatic nitrogens is 1. The number of hydrogen-bond donors (Lipinski definition) is 1. The van der Waals surface area contributed by atoms with E-state index in [-0.39, 0.29) is 0 Å². The number of pyridine rings is 1. The molecule has 0 spiro atoms. The molecular formula is C9H9N3O. The van der Waals surface area contributed by atoms with Crippen LogP contribution >= 0.6 is 0 Å². The van der Waals surface area contributed by atoms with Crippen LogP contribution in [0.1, 0.15) is 21.7 Å². The quantitative estimate of drug-likeness (QED) is 0.509. The summed E-state index contributed by atoms with van der Waals surface area (Å²) in [4.78, 5) is 15.3. The average Bonchev–Trinajstić information content (AvgIpc) is 2.04. The highest BCUT2D eigenvalue weighted by Gasteiger charge is 2.08. The van der Waals surface area contributed by atoms with Crippen LogP contribution in [0.4, 0.5) is 0 Å². The third kappa shape index (κ3) is 2.03. The van der Waals surface area contributed by atoms with E-state index in [0.717, 1.165) is 5.69 Å². The summed E-state index contributed by atoms with van der Waals surface area (Å²) in [5.41, 5.74) is 1.92. The zero-order valence-corrected chi connectivity index (χ0v) is 7.46. The van der Waals surface area contributed by atoms with Crippen molar-refractivity contribution in [2.45, 2.75) is 13.8 Å². The Morgan fingerprint density at radius 2 is 2.23 bits per heavy atom. The van der Waals surface area contributed by atoms with E-state index in [1.165, 1.54) is 0 Å². The first-order valence-corrected chi connectivity index (χ1v) is 3.79. The fourth-order valence-electron chi connectivity index (χ4n) is 1.04. The monoisotopic (exact) mass is 175 g/mol. The summed E-state index contributed by atoms with van der Waals surface area (Å²) in [5, 5.41) is 10.3. The highest BCUT2D eigenvalue weighted by atomic mass is 16.1. The van der Waals surface area contributed by atoms with Gasteiger partial charge in [0, 0.05) is 5.69 Å². The number of amides is 1. The zero-order valence-electron chi connectivity index (χ0n) is 7.46. The van der Waals surface area contributed by atoms with E-state index in [4.69, 9.17) is 5.26 Å². The molecule has 4 nitrogen and oxygen atoms in total. The van der Waals surface area contributed by atoms with Crippen LogP contribution in [0.15, 0.2) is 12.1 Å². The lowest BCUT2D eigenvalue weighted by atomic mass is 10.2. The second kappa shape index (κ2) is 3.68. The second-order valence-corrected chi connectivity index (χ2v) is 2.65. The Kier molecular flexibility index (Phi) is 2.60. The van der Waals surface area contributed by atoms with Crippen molar-refractivity contribution in [1.82, 2.24) is 10.3 Å². The molecule has 1 aromatic heterocycles. The van der Waals surface area contributed by atoms with Gasteiger partial charge in [-0.15, -0.1) is 0 Å². The first kappa shape index (κ1) is 9.20. The van der Waals surface area contributed by atoms with Gasteiger partial charge in [-0.05, 0) is 26.0 Å². The first-order valence-electron chi connectivity index (χ1n) is 3.79. The normalized spacial score (nSPS) is 9.00. The molecule has 0 saturated heterocycles. The van der Waals surface area contributed by atoms with Gasteiger partial charge < -0.3 is 0 Å². The van der Waals surface area contributed by atoms with E-state index in [1.807, 2.05) is 12.2 Å². The number of rotatable bonds is 1. The summed E-state index contributed by atoms with van der Waals surface area (Å²) >= 11 is 0. The fraction of sp³-hybridized carbons (Fsp3) is 0.222. The second-order valence-electron chi connectivity index (χ2n) is 2.65. The molecule has 0 fully saturated rings. The molecule has 66 valence electrons. The predicted molar refractivity (Wildman–Crippen MR) is 46.8 cm³/mol. The minimum atomic E-state index is -0.410. The van der Waals surface area contributed by atoms with Crippen molar-refractivity contribution in [3.63, 3.8) is 0 Å². The van der Waals surface area contributed by atoms with E-state index in [1.54, 1.807) is 25.2 Å². The number of carbonyl (C=O) groups is 1. The van der Waals surface area contributed by atoms with E-state index in [2.05, 4.69) is 4.98 Å². The summed E-state index contributed by atoms with van der Waals surface area (Å²) in [5.74, 6) is -0.410. The van der Waals surface area contributed by atoms with Gasteiger partial charge in [-0.25, -0.2) is 0 Å². The van der Waals surface area contributed by atoms with Crippen LogP contribution in [0, 0.1) is 25.3 Å². The molecule has 1 rings (SSSR count). The summed E-state index contributed by atoms with van der Waals surface area (Å²) in [7, 11) is 0. The van der Waals surface area contributed by atoms with Crippen LogP contribution in [0.5, 0.6) is 0 Å². The molecule has 4 heteroatoms. The Labute approximate surface area is 76.2 Å². The Balaban J connectivity index is 3.03. The molecular weight excluding hydrogens is 166 g/mol. The van der Waals surface area contributed by atoms with Gasteiger partial charge in [-0.2, -0.15) is 5.26 Å². The SMILES string of the molecule is Cc1ccc(C(=O)NC#N)c(C)n1. The standard InChI is InChI=1S/C9H9N3O/c1-6-3-4-8(7(2)12-6)9(13)11-5-10/h3-4H,1-2H3,(H,11,13). The lowest BCUT2D eigenvalue weighted by Crippen LogP contribution is -2.19. The maximum atomic E-state index is 11.2. The van der Waals surface area contributed by atoms with Crippen LogP contribution in [-0.2, 0) is 0 Å². The average molecular weight is 175 g/mol. The van der Waals surface area contributed by atoms with Gasteiger partial charge >= 0.3 is 0 Å². The third-order valence-electron chi connectivity index (χ3n) is 1.64. The van der Waals surface area contributed by atoms with Crippen molar-refractivity contribution in [2.24, 2.45) is 0 Å². The molecule has 0 bridgehead atoms. The van der Waals surface area contributed by atoms with Crippen LogP contribution in [0.3, 0.4) is 0 Å². The minimum absolute atomic E-state index is 0.410. The molecule has 13 heavy (non-hydrogen) atoms. The van der Waals surface area contributed by atoms with E-state index < -0.39 is 5.91 Å². The number of nitrogens with zero attached hydrogens (tertiary/aromatic N) is 2. The van der Waals surface area contributed by atoms with Crippen LogP contribution in [0.2, 0.25) is 0 Å². The number of nitrogens with one attached hydrogen (secondary N) is 1. The topological polar surface area (TPSA) is 65.8 Å². The highest BCUT2D eigenvalue weighted by molar-refractivity contribution is 5.96. The Morgan fingerprint density at radius 1 is 1.54 bits per heavy atom. The van der Waals surface area contributed by atoms with Crippen molar-refractivity contribution in [1.29, 1.82) is 5.26 Å². The predicted octanol–water partition coefficient (Wildman–Crippen LogP) is 0.909. The van der Waals surface area contributed by atoms with Gasteiger partial charge in [0.1, 0.15) is 0 Å². The molecule has 0 radical (unpaired) electrons. The van der Waals surface area contributed by atoms with Crippen molar-refractivity contribution >= 4 is 5.91 Å². The molecule has 1 N–H and O–H groups in total. The van der Waals surface area contributed by atoms with Gasteiger partial charge in [0.2, 0.25) is 0 Å². The summed E-state index contributed by atoms with van der Waals surface area (Å²) in [6.07, 6.45) is 1.58. The summed E-state index contributed by atoms with van der Waals surface area (Å²) < 4.78 is 0. The molecule has 0 atom stereocenters. The maximum absolute atomic E-state index is 11.2. The maximum Gasteiger partial charge on any atom is 0.266 e. The Hall–Kier alpha value is -1.89. The number of hydrogen-bond acceptors (Lipinski definition) is 3. The third-order valence-corrected chi connectivity index (χ3v) is 1.64. The first-order chi connectivity index (χ1) is 6.15. The van der Waals surface area contributed by atoms with E-state index in [9.17, 15) is 4.79 Å². The number of aryl methyl sites for hydroxylation is 2. The molecule has 0 aromatic carbocycles. The molecule has 0 unspecified atom stereocenters. The highest BCUT2D eigenvalue weighted by Crippen LogP contribution is 2.05. The van der Waals surface area contributed by atoms with Gasteiger partial charge in [0.15, 0.2) is 6.19 Å². The lowest BCUT2D eigenvalue weighted by molar-refractivity contribution is 0.0972. The smallest absolute Gasteiger partial charge is 0.266 e. The fourth-order valence-corrected chi connectivity index (χ4v) is 1.04. The van der Waals surface area contributed by atoms with Gasteiger partial charge in [0.25, 0.3) is 5.91 Å². The molecule has 1 amide bonds. The largest absolute Gasteiger partial charge is 0.268 e.